The van der Waals surface area contributed by atoms with E-state index >= 15 is 0 Å². The molecule has 132 valence electrons. The molecule has 0 unspecified atom stereocenters. The van der Waals surface area contributed by atoms with E-state index in [2.05, 4.69) is 47.9 Å². The summed E-state index contributed by atoms with van der Waals surface area (Å²) >= 11 is 1.95. The summed E-state index contributed by atoms with van der Waals surface area (Å²) in [6, 6.07) is 28.7. The molecular weight excluding hydrogens is 407 g/mol. The third-order valence-electron chi connectivity index (χ3n) is 3.50. The average molecular weight is 427 g/mol. The topological polar surface area (TPSA) is 18.5 Å². The zero-order valence-electron chi connectivity index (χ0n) is 14.5. The zero-order chi connectivity index (χ0) is 18.0. The first-order valence-corrected chi connectivity index (χ1v) is 10.8. The van der Waals surface area contributed by atoms with Crippen LogP contribution in [0.3, 0.4) is 0 Å². The van der Waals surface area contributed by atoms with E-state index in [1.807, 2.05) is 42.5 Å². The van der Waals surface area contributed by atoms with E-state index < -0.39 is 0 Å². The zero-order valence-corrected chi connectivity index (χ0v) is 17.0. The Morgan fingerprint density at radius 3 is 2.15 bits per heavy atom. The molecule has 3 aromatic rings. The normalized spacial score (nSPS) is 11.2. The fourth-order valence-electron chi connectivity index (χ4n) is 2.19. The molecule has 0 amide bonds. The van der Waals surface area contributed by atoms with Gasteiger partial charge in [0.1, 0.15) is 0 Å². The Kier molecular flexibility index (Phi) is 7.26. The van der Waals surface area contributed by atoms with Gasteiger partial charge in [-0.3, -0.25) is 0 Å². The molecule has 3 aromatic carbocycles. The van der Waals surface area contributed by atoms with Gasteiger partial charge in [0, 0.05) is 0 Å². The minimum atomic E-state index is 0.232. The fourth-order valence-corrected chi connectivity index (χ4v) is 4.97. The number of hydrogen-bond donors (Lipinski definition) is 0. The van der Waals surface area contributed by atoms with Crippen LogP contribution < -0.4 is 13.9 Å². The molecular formula is C22H20O2SSe. The van der Waals surface area contributed by atoms with Gasteiger partial charge in [-0.1, -0.05) is 0 Å². The van der Waals surface area contributed by atoms with Crippen LogP contribution in [-0.2, 0) is 0 Å². The summed E-state index contributed by atoms with van der Waals surface area (Å²) in [7, 11) is 1.68. The van der Waals surface area contributed by atoms with Gasteiger partial charge >= 0.3 is 166 Å². The molecule has 0 aromatic heterocycles. The van der Waals surface area contributed by atoms with Crippen LogP contribution in [0, 0.1) is 0 Å². The maximum absolute atomic E-state index is 5.98. The van der Waals surface area contributed by atoms with Gasteiger partial charge in [0.2, 0.25) is 0 Å². The van der Waals surface area contributed by atoms with Crippen LogP contribution in [0.5, 0.6) is 11.5 Å². The van der Waals surface area contributed by atoms with E-state index in [9.17, 15) is 0 Å². The molecule has 26 heavy (non-hydrogen) atoms. The summed E-state index contributed by atoms with van der Waals surface area (Å²) in [4.78, 5) is 1.19. The Morgan fingerprint density at radius 1 is 0.846 bits per heavy atom. The minimum absolute atomic E-state index is 0.232. The molecule has 0 aliphatic rings. The monoisotopic (exact) mass is 428 g/mol. The third-order valence-corrected chi connectivity index (χ3v) is 6.90. The molecule has 0 saturated heterocycles. The fraction of sp³-hybridized carbons (Fsp3) is 0.0909. The van der Waals surface area contributed by atoms with Gasteiger partial charge in [-0.15, -0.1) is 0 Å². The standard InChI is InChI=1S/C22H20O2SSe/c1-23-18-12-14-20(15-13-18)25-17-22(26-21-10-6-3-7-11-21)16-24-19-8-4-2-5-9-19/h2-15,17H,16H2,1H3/b22-17+. The molecule has 0 spiro atoms. The predicted octanol–water partition coefficient (Wildman–Crippen LogP) is 4.74. The molecule has 0 saturated carbocycles. The van der Waals surface area contributed by atoms with Crippen molar-refractivity contribution in [2.75, 3.05) is 13.7 Å². The summed E-state index contributed by atoms with van der Waals surface area (Å²) in [5.41, 5.74) is 0. The van der Waals surface area contributed by atoms with E-state index in [0.717, 1.165) is 11.5 Å². The van der Waals surface area contributed by atoms with E-state index in [-0.39, 0.29) is 15.0 Å². The van der Waals surface area contributed by atoms with E-state index in [1.54, 1.807) is 18.9 Å². The number of rotatable bonds is 8. The Morgan fingerprint density at radius 2 is 1.50 bits per heavy atom. The van der Waals surface area contributed by atoms with Gasteiger partial charge in [0.05, 0.1) is 0 Å². The van der Waals surface area contributed by atoms with E-state index in [4.69, 9.17) is 9.47 Å². The first-order chi connectivity index (χ1) is 12.8. The van der Waals surface area contributed by atoms with Crippen molar-refractivity contribution in [1.82, 2.24) is 0 Å². The number of para-hydroxylation sites is 1. The van der Waals surface area contributed by atoms with Crippen molar-refractivity contribution in [2.24, 2.45) is 0 Å². The predicted molar refractivity (Wildman–Crippen MR) is 111 cm³/mol. The second-order valence-electron chi connectivity index (χ2n) is 5.39. The number of methoxy groups -OCH3 is 1. The van der Waals surface area contributed by atoms with Crippen molar-refractivity contribution in [3.8, 4) is 11.5 Å². The van der Waals surface area contributed by atoms with Crippen LogP contribution in [0.4, 0.5) is 0 Å². The quantitative estimate of drug-likeness (QED) is 0.382. The van der Waals surface area contributed by atoms with Crippen LogP contribution in [0.2, 0.25) is 0 Å². The number of hydrogen-bond acceptors (Lipinski definition) is 3. The molecule has 0 N–H and O–H groups in total. The molecule has 4 heteroatoms. The van der Waals surface area contributed by atoms with Crippen molar-refractivity contribution in [3.63, 3.8) is 0 Å². The molecule has 0 bridgehead atoms. The van der Waals surface area contributed by atoms with Crippen LogP contribution in [-0.4, -0.2) is 28.7 Å². The van der Waals surface area contributed by atoms with Crippen molar-refractivity contribution >= 4 is 31.2 Å². The number of benzene rings is 3. The molecule has 0 aliphatic heterocycles. The second kappa shape index (κ2) is 10.1. The Balaban J connectivity index is 1.70. The van der Waals surface area contributed by atoms with Crippen LogP contribution in [0.25, 0.3) is 0 Å². The Labute approximate surface area is 165 Å². The number of thioether (sulfide) groups is 1. The first kappa shape index (κ1) is 18.7. The maximum atomic E-state index is 5.98. The van der Waals surface area contributed by atoms with Crippen molar-refractivity contribution in [3.05, 3.63) is 94.8 Å². The van der Waals surface area contributed by atoms with Gasteiger partial charge in [0.25, 0.3) is 0 Å². The summed E-state index contributed by atoms with van der Waals surface area (Å²) in [5, 5.41) is 2.22. The van der Waals surface area contributed by atoms with E-state index in [1.165, 1.54) is 13.8 Å². The molecule has 0 aliphatic carbocycles. The molecule has 3 rings (SSSR count). The van der Waals surface area contributed by atoms with Crippen LogP contribution in [0.1, 0.15) is 0 Å². The van der Waals surface area contributed by atoms with Gasteiger partial charge in [-0.05, 0) is 0 Å². The van der Waals surface area contributed by atoms with Gasteiger partial charge < -0.3 is 0 Å². The van der Waals surface area contributed by atoms with Crippen molar-refractivity contribution in [2.45, 2.75) is 4.90 Å². The Hall–Kier alpha value is -2.13. The van der Waals surface area contributed by atoms with Crippen LogP contribution in [0.15, 0.2) is 99.7 Å². The second-order valence-corrected chi connectivity index (χ2v) is 8.85. The van der Waals surface area contributed by atoms with Gasteiger partial charge in [-0.2, -0.15) is 0 Å². The molecule has 0 fully saturated rings. The number of ether oxygens (including phenoxy) is 2. The van der Waals surface area contributed by atoms with Crippen molar-refractivity contribution < 1.29 is 9.47 Å². The molecule has 0 heterocycles. The van der Waals surface area contributed by atoms with Gasteiger partial charge in [-0.25, -0.2) is 0 Å². The Bertz CT molecular complexity index is 818. The molecule has 0 radical (unpaired) electrons. The summed E-state index contributed by atoms with van der Waals surface area (Å²) < 4.78 is 13.8. The third kappa shape index (κ3) is 5.99. The summed E-state index contributed by atoms with van der Waals surface area (Å²) in [6.07, 6.45) is 0. The molecule has 2 nitrogen and oxygen atoms in total. The summed E-state index contributed by atoms with van der Waals surface area (Å²) in [6.45, 7) is 0.599. The SMILES string of the molecule is COc1ccc(S/C=C(\COc2ccccc2)[Se]c2ccccc2)cc1. The van der Waals surface area contributed by atoms with Crippen LogP contribution >= 0.6 is 11.8 Å². The molecule has 0 atom stereocenters. The average Bonchev–Trinajstić information content (AvgIpc) is 2.72. The van der Waals surface area contributed by atoms with Crippen molar-refractivity contribution in [1.29, 1.82) is 0 Å². The van der Waals surface area contributed by atoms with Gasteiger partial charge in [0.15, 0.2) is 0 Å². The van der Waals surface area contributed by atoms with E-state index in [0.29, 0.717) is 6.61 Å². The summed E-state index contributed by atoms with van der Waals surface area (Å²) in [5.74, 6) is 1.77. The first-order valence-electron chi connectivity index (χ1n) is 8.24.